The summed E-state index contributed by atoms with van der Waals surface area (Å²) in [6.07, 6.45) is 7.00. The van der Waals surface area contributed by atoms with Crippen molar-refractivity contribution in [3.63, 3.8) is 0 Å². The van der Waals surface area contributed by atoms with Crippen LogP contribution in [0.3, 0.4) is 0 Å². The van der Waals surface area contributed by atoms with Crippen LogP contribution in [0, 0.1) is 5.41 Å². The van der Waals surface area contributed by atoms with Crippen molar-refractivity contribution in [2.75, 3.05) is 11.9 Å². The second kappa shape index (κ2) is 5.49. The molecule has 0 N–H and O–H groups in total. The summed E-state index contributed by atoms with van der Waals surface area (Å²) in [6, 6.07) is 10.1. The monoisotopic (exact) mass is 319 g/mol. The third kappa shape index (κ3) is 2.62. The topological polar surface area (TPSA) is 22.1 Å². The smallest absolute Gasteiger partial charge is 0.128 e. The van der Waals surface area contributed by atoms with Crippen molar-refractivity contribution in [2.24, 2.45) is 5.41 Å². The number of fused-ring (bicyclic) bond motifs is 1. The van der Waals surface area contributed by atoms with Crippen LogP contribution in [0.5, 0.6) is 5.75 Å². The van der Waals surface area contributed by atoms with Crippen molar-refractivity contribution in [3.8, 4) is 5.75 Å². The molecule has 1 aromatic heterocycles. The van der Waals surface area contributed by atoms with Gasteiger partial charge in [-0.05, 0) is 37.1 Å². The molecule has 1 saturated carbocycles. The van der Waals surface area contributed by atoms with Gasteiger partial charge in [0.25, 0.3) is 0 Å². The standard InChI is InChI=1S/C16H18BrNO/c17-11-16(8-1-2-9-16)12-19-15-7-3-6-14-13(15)5-4-10-18-14/h3-7,10H,1-2,8-9,11-12H2. The van der Waals surface area contributed by atoms with Crippen molar-refractivity contribution < 1.29 is 4.74 Å². The number of alkyl halides is 1. The van der Waals surface area contributed by atoms with E-state index in [2.05, 4.69) is 27.0 Å². The van der Waals surface area contributed by atoms with Gasteiger partial charge < -0.3 is 4.74 Å². The molecule has 100 valence electrons. The Morgan fingerprint density at radius 2 is 2.00 bits per heavy atom. The fourth-order valence-electron chi connectivity index (χ4n) is 2.87. The van der Waals surface area contributed by atoms with E-state index in [0.717, 1.165) is 28.6 Å². The predicted molar refractivity (Wildman–Crippen MR) is 81.9 cm³/mol. The number of aromatic nitrogens is 1. The molecule has 1 heterocycles. The molecule has 0 spiro atoms. The van der Waals surface area contributed by atoms with Crippen LogP contribution >= 0.6 is 15.9 Å². The highest BCUT2D eigenvalue weighted by Crippen LogP contribution is 2.40. The van der Waals surface area contributed by atoms with Crippen LogP contribution < -0.4 is 4.74 Å². The molecular weight excluding hydrogens is 302 g/mol. The molecule has 3 heteroatoms. The highest BCUT2D eigenvalue weighted by molar-refractivity contribution is 9.09. The Balaban J connectivity index is 1.82. The fourth-order valence-corrected chi connectivity index (χ4v) is 3.60. The summed E-state index contributed by atoms with van der Waals surface area (Å²) < 4.78 is 6.13. The lowest BCUT2D eigenvalue weighted by molar-refractivity contribution is 0.175. The maximum Gasteiger partial charge on any atom is 0.128 e. The molecule has 2 aromatic rings. The van der Waals surface area contributed by atoms with E-state index >= 15 is 0 Å². The first kappa shape index (κ1) is 12.9. The number of rotatable bonds is 4. The normalized spacial score (nSPS) is 17.7. The molecule has 1 aromatic carbocycles. The number of benzene rings is 1. The van der Waals surface area contributed by atoms with E-state index in [4.69, 9.17) is 4.74 Å². The molecule has 0 bridgehead atoms. The number of ether oxygens (including phenoxy) is 1. The van der Waals surface area contributed by atoms with Gasteiger partial charge in [0.15, 0.2) is 0 Å². The maximum atomic E-state index is 6.13. The fraction of sp³-hybridized carbons (Fsp3) is 0.438. The summed E-state index contributed by atoms with van der Waals surface area (Å²) in [5, 5.41) is 2.14. The molecule has 3 rings (SSSR count). The quantitative estimate of drug-likeness (QED) is 0.770. The largest absolute Gasteiger partial charge is 0.492 e. The molecule has 1 fully saturated rings. The summed E-state index contributed by atoms with van der Waals surface area (Å²) in [7, 11) is 0. The lowest BCUT2D eigenvalue weighted by atomic mass is 9.90. The predicted octanol–water partition coefficient (Wildman–Crippen LogP) is 4.57. The van der Waals surface area contributed by atoms with Gasteiger partial charge in [0.1, 0.15) is 5.75 Å². The highest BCUT2D eigenvalue weighted by atomic mass is 79.9. The number of nitrogens with zero attached hydrogens (tertiary/aromatic N) is 1. The first-order valence-electron chi connectivity index (χ1n) is 6.86. The van der Waals surface area contributed by atoms with Gasteiger partial charge in [0.05, 0.1) is 12.1 Å². The van der Waals surface area contributed by atoms with Crippen LogP contribution in [-0.4, -0.2) is 16.9 Å². The molecule has 0 amide bonds. The molecule has 1 aliphatic carbocycles. The molecule has 0 radical (unpaired) electrons. The SMILES string of the molecule is BrCC1(COc2cccc3ncccc23)CCCC1. The van der Waals surface area contributed by atoms with Crippen LogP contribution in [0.2, 0.25) is 0 Å². The summed E-state index contributed by atoms with van der Waals surface area (Å²) >= 11 is 3.66. The maximum absolute atomic E-state index is 6.13. The zero-order valence-electron chi connectivity index (χ0n) is 10.9. The summed E-state index contributed by atoms with van der Waals surface area (Å²) in [5.74, 6) is 0.956. The van der Waals surface area contributed by atoms with Crippen LogP contribution in [0.4, 0.5) is 0 Å². The average Bonchev–Trinajstić information content (AvgIpc) is 2.94. The van der Waals surface area contributed by atoms with Gasteiger partial charge in [-0.3, -0.25) is 4.98 Å². The third-order valence-electron chi connectivity index (χ3n) is 4.09. The second-order valence-corrected chi connectivity index (χ2v) is 6.02. The Bertz CT molecular complexity index is 558. The summed E-state index contributed by atoms with van der Waals surface area (Å²) in [5.41, 5.74) is 1.32. The Labute approximate surface area is 122 Å². The molecule has 1 aliphatic rings. The van der Waals surface area contributed by atoms with Crippen molar-refractivity contribution in [3.05, 3.63) is 36.5 Å². The van der Waals surface area contributed by atoms with Crippen molar-refractivity contribution in [1.29, 1.82) is 0 Å². The summed E-state index contributed by atoms with van der Waals surface area (Å²) in [4.78, 5) is 4.37. The Hall–Kier alpha value is -1.09. The number of hydrogen-bond donors (Lipinski definition) is 0. The molecule has 19 heavy (non-hydrogen) atoms. The Morgan fingerprint density at radius 1 is 1.16 bits per heavy atom. The number of pyridine rings is 1. The van der Waals surface area contributed by atoms with Gasteiger partial charge in [-0.1, -0.05) is 34.8 Å². The lowest BCUT2D eigenvalue weighted by Crippen LogP contribution is -2.27. The van der Waals surface area contributed by atoms with E-state index in [1.165, 1.54) is 25.7 Å². The van der Waals surface area contributed by atoms with Gasteiger partial charge in [0, 0.05) is 22.3 Å². The average molecular weight is 320 g/mol. The van der Waals surface area contributed by atoms with E-state index in [9.17, 15) is 0 Å². The van der Waals surface area contributed by atoms with Gasteiger partial charge in [-0.2, -0.15) is 0 Å². The van der Waals surface area contributed by atoms with E-state index in [-0.39, 0.29) is 0 Å². The number of hydrogen-bond acceptors (Lipinski definition) is 2. The van der Waals surface area contributed by atoms with Crippen LogP contribution in [0.25, 0.3) is 10.9 Å². The van der Waals surface area contributed by atoms with Gasteiger partial charge in [0.2, 0.25) is 0 Å². The van der Waals surface area contributed by atoms with Crippen molar-refractivity contribution >= 4 is 26.8 Å². The van der Waals surface area contributed by atoms with E-state index in [1.54, 1.807) is 0 Å². The van der Waals surface area contributed by atoms with Crippen molar-refractivity contribution in [2.45, 2.75) is 25.7 Å². The molecule has 0 aliphatic heterocycles. The highest BCUT2D eigenvalue weighted by Gasteiger charge is 2.33. The zero-order chi connectivity index (χ0) is 13.1. The minimum absolute atomic E-state index is 0.324. The molecule has 0 saturated heterocycles. The van der Waals surface area contributed by atoms with Crippen LogP contribution in [-0.2, 0) is 0 Å². The first-order chi connectivity index (χ1) is 9.33. The second-order valence-electron chi connectivity index (χ2n) is 5.46. The number of halogens is 1. The zero-order valence-corrected chi connectivity index (χ0v) is 12.5. The minimum Gasteiger partial charge on any atom is -0.492 e. The van der Waals surface area contributed by atoms with Crippen molar-refractivity contribution in [1.82, 2.24) is 4.98 Å². The van der Waals surface area contributed by atoms with E-state index < -0.39 is 0 Å². The van der Waals surface area contributed by atoms with Gasteiger partial charge in [-0.25, -0.2) is 0 Å². The Kier molecular flexibility index (Phi) is 3.74. The molecular formula is C16H18BrNO. The molecule has 0 atom stereocenters. The lowest BCUT2D eigenvalue weighted by Gasteiger charge is -2.26. The minimum atomic E-state index is 0.324. The Morgan fingerprint density at radius 3 is 2.79 bits per heavy atom. The third-order valence-corrected chi connectivity index (χ3v) is 5.28. The summed E-state index contributed by atoms with van der Waals surface area (Å²) in [6.45, 7) is 0.798. The van der Waals surface area contributed by atoms with Crippen LogP contribution in [0.1, 0.15) is 25.7 Å². The van der Waals surface area contributed by atoms with E-state index in [1.807, 2.05) is 30.5 Å². The molecule has 2 nitrogen and oxygen atoms in total. The van der Waals surface area contributed by atoms with Gasteiger partial charge in [-0.15, -0.1) is 0 Å². The first-order valence-corrected chi connectivity index (χ1v) is 7.98. The molecule has 0 unspecified atom stereocenters. The van der Waals surface area contributed by atoms with Crippen LogP contribution in [0.15, 0.2) is 36.5 Å². The van der Waals surface area contributed by atoms with Gasteiger partial charge >= 0.3 is 0 Å². The van der Waals surface area contributed by atoms with E-state index in [0.29, 0.717) is 5.41 Å².